The van der Waals surface area contributed by atoms with Crippen molar-refractivity contribution >= 4 is 0 Å². The van der Waals surface area contributed by atoms with Gasteiger partial charge < -0.3 is 14.8 Å². The molecule has 0 amide bonds. The zero-order valence-corrected chi connectivity index (χ0v) is 9.32. The zero-order chi connectivity index (χ0) is 10.9. The molecule has 0 unspecified atom stereocenters. The lowest BCUT2D eigenvalue weighted by Gasteiger charge is -2.04. The van der Waals surface area contributed by atoms with E-state index in [-0.39, 0.29) is 0 Å². The maximum absolute atomic E-state index is 5.05. The molecule has 0 saturated heterocycles. The Kier molecular flexibility index (Phi) is 5.73. The second-order valence-electron chi connectivity index (χ2n) is 3.16. The van der Waals surface area contributed by atoms with Crippen molar-refractivity contribution in [3.8, 4) is 5.88 Å². The Bertz CT molecular complexity index is 279. The number of ether oxygens (including phenoxy) is 2. The average Bonchev–Trinajstić information content (AvgIpc) is 2.29. The van der Waals surface area contributed by atoms with Crippen molar-refractivity contribution in [1.29, 1.82) is 0 Å². The Labute approximate surface area is 90.6 Å². The number of rotatable bonds is 7. The SMILES string of the molecule is COCCNCCc1cccc(OC)n1. The summed E-state index contributed by atoms with van der Waals surface area (Å²) in [6.45, 7) is 2.52. The van der Waals surface area contributed by atoms with Gasteiger partial charge in [0.1, 0.15) is 0 Å². The molecule has 1 aromatic rings. The van der Waals surface area contributed by atoms with Crippen LogP contribution in [0.5, 0.6) is 5.88 Å². The fourth-order valence-corrected chi connectivity index (χ4v) is 1.23. The summed E-state index contributed by atoms with van der Waals surface area (Å²) < 4.78 is 9.98. The van der Waals surface area contributed by atoms with Crippen LogP contribution in [0.25, 0.3) is 0 Å². The van der Waals surface area contributed by atoms with Gasteiger partial charge >= 0.3 is 0 Å². The highest BCUT2D eigenvalue weighted by Crippen LogP contribution is 2.06. The predicted octanol–water partition coefficient (Wildman–Crippen LogP) is 0.869. The van der Waals surface area contributed by atoms with Crippen LogP contribution < -0.4 is 10.1 Å². The molecule has 0 saturated carbocycles. The molecule has 0 aliphatic heterocycles. The van der Waals surface area contributed by atoms with Crippen molar-refractivity contribution < 1.29 is 9.47 Å². The Morgan fingerprint density at radius 3 is 2.87 bits per heavy atom. The number of methoxy groups -OCH3 is 2. The molecule has 0 aromatic carbocycles. The largest absolute Gasteiger partial charge is 0.481 e. The van der Waals surface area contributed by atoms with Crippen LogP contribution in [0.2, 0.25) is 0 Å². The van der Waals surface area contributed by atoms with Gasteiger partial charge in [-0.25, -0.2) is 4.98 Å². The van der Waals surface area contributed by atoms with Gasteiger partial charge in [-0.1, -0.05) is 6.07 Å². The van der Waals surface area contributed by atoms with Crippen molar-refractivity contribution in [2.24, 2.45) is 0 Å². The van der Waals surface area contributed by atoms with E-state index in [9.17, 15) is 0 Å². The normalized spacial score (nSPS) is 10.3. The van der Waals surface area contributed by atoms with Crippen LogP contribution in [0, 0.1) is 0 Å². The van der Waals surface area contributed by atoms with Gasteiger partial charge in [-0.15, -0.1) is 0 Å². The minimum Gasteiger partial charge on any atom is -0.481 e. The number of nitrogens with zero attached hydrogens (tertiary/aromatic N) is 1. The number of pyridine rings is 1. The van der Waals surface area contributed by atoms with Gasteiger partial charge in [0.25, 0.3) is 0 Å². The molecule has 1 N–H and O–H groups in total. The first-order valence-electron chi connectivity index (χ1n) is 5.06. The number of nitrogens with one attached hydrogen (secondary N) is 1. The molecule has 0 aliphatic carbocycles. The highest BCUT2D eigenvalue weighted by Gasteiger charge is 1.96. The lowest BCUT2D eigenvalue weighted by molar-refractivity contribution is 0.199. The lowest BCUT2D eigenvalue weighted by atomic mass is 10.2. The molecule has 0 radical (unpaired) electrons. The van der Waals surface area contributed by atoms with Crippen LogP contribution >= 0.6 is 0 Å². The second kappa shape index (κ2) is 7.20. The van der Waals surface area contributed by atoms with E-state index in [0.717, 1.165) is 31.8 Å². The monoisotopic (exact) mass is 210 g/mol. The molecule has 0 atom stereocenters. The summed E-state index contributed by atoms with van der Waals surface area (Å²) in [7, 11) is 3.33. The standard InChI is InChI=1S/C11H18N2O2/c1-14-9-8-12-7-6-10-4-3-5-11(13-10)15-2/h3-5,12H,6-9H2,1-2H3. The van der Waals surface area contributed by atoms with Crippen LogP contribution in [0.3, 0.4) is 0 Å². The summed E-state index contributed by atoms with van der Waals surface area (Å²) in [5.41, 5.74) is 1.04. The van der Waals surface area contributed by atoms with Crippen molar-refractivity contribution in [1.82, 2.24) is 10.3 Å². The Hall–Kier alpha value is -1.13. The first-order chi connectivity index (χ1) is 7.36. The van der Waals surface area contributed by atoms with Crippen LogP contribution in [-0.2, 0) is 11.2 Å². The highest BCUT2D eigenvalue weighted by atomic mass is 16.5. The quantitative estimate of drug-likeness (QED) is 0.678. The van der Waals surface area contributed by atoms with E-state index >= 15 is 0 Å². The Balaban J connectivity index is 2.24. The third-order valence-corrected chi connectivity index (χ3v) is 2.03. The van der Waals surface area contributed by atoms with Gasteiger partial charge in [0, 0.05) is 38.4 Å². The first-order valence-corrected chi connectivity index (χ1v) is 5.06. The molecule has 0 spiro atoms. The third-order valence-electron chi connectivity index (χ3n) is 2.03. The van der Waals surface area contributed by atoms with E-state index in [1.807, 2.05) is 18.2 Å². The topological polar surface area (TPSA) is 43.4 Å². The van der Waals surface area contributed by atoms with E-state index in [4.69, 9.17) is 9.47 Å². The van der Waals surface area contributed by atoms with Gasteiger partial charge in [-0.2, -0.15) is 0 Å². The summed E-state index contributed by atoms with van der Waals surface area (Å²) in [4.78, 5) is 4.32. The molecule has 1 aromatic heterocycles. The Morgan fingerprint density at radius 1 is 1.27 bits per heavy atom. The number of hydrogen-bond acceptors (Lipinski definition) is 4. The molecule has 1 heterocycles. The summed E-state index contributed by atoms with van der Waals surface area (Å²) in [5, 5.41) is 3.27. The van der Waals surface area contributed by atoms with Gasteiger partial charge in [-0.3, -0.25) is 0 Å². The van der Waals surface area contributed by atoms with Gasteiger partial charge in [-0.05, 0) is 6.07 Å². The molecule has 0 bridgehead atoms. The molecule has 84 valence electrons. The van der Waals surface area contributed by atoms with Gasteiger partial charge in [0.2, 0.25) is 5.88 Å². The van der Waals surface area contributed by atoms with Crippen molar-refractivity contribution in [3.63, 3.8) is 0 Å². The van der Waals surface area contributed by atoms with E-state index in [2.05, 4.69) is 10.3 Å². The van der Waals surface area contributed by atoms with Crippen LogP contribution in [0.4, 0.5) is 0 Å². The Morgan fingerprint density at radius 2 is 2.13 bits per heavy atom. The summed E-state index contributed by atoms with van der Waals surface area (Å²) in [6, 6.07) is 5.80. The third kappa shape index (κ3) is 4.76. The predicted molar refractivity (Wildman–Crippen MR) is 59.2 cm³/mol. The van der Waals surface area contributed by atoms with E-state index in [1.54, 1.807) is 14.2 Å². The zero-order valence-electron chi connectivity index (χ0n) is 9.32. The molecule has 15 heavy (non-hydrogen) atoms. The van der Waals surface area contributed by atoms with E-state index < -0.39 is 0 Å². The van der Waals surface area contributed by atoms with Crippen molar-refractivity contribution in [2.45, 2.75) is 6.42 Å². The molecule has 4 nitrogen and oxygen atoms in total. The molecular formula is C11H18N2O2. The van der Waals surface area contributed by atoms with E-state index in [0.29, 0.717) is 5.88 Å². The molecule has 4 heteroatoms. The minimum absolute atomic E-state index is 0.671. The van der Waals surface area contributed by atoms with Gasteiger partial charge in [0.15, 0.2) is 0 Å². The second-order valence-corrected chi connectivity index (χ2v) is 3.16. The van der Waals surface area contributed by atoms with Crippen molar-refractivity contribution in [3.05, 3.63) is 23.9 Å². The molecule has 0 fully saturated rings. The van der Waals surface area contributed by atoms with E-state index in [1.165, 1.54) is 0 Å². The first kappa shape index (κ1) is 11.9. The van der Waals surface area contributed by atoms with Crippen LogP contribution in [0.1, 0.15) is 5.69 Å². The molecule has 0 aliphatic rings. The van der Waals surface area contributed by atoms with Crippen LogP contribution in [0.15, 0.2) is 18.2 Å². The average molecular weight is 210 g/mol. The van der Waals surface area contributed by atoms with Gasteiger partial charge in [0.05, 0.1) is 13.7 Å². The number of hydrogen-bond donors (Lipinski definition) is 1. The minimum atomic E-state index is 0.671. The maximum Gasteiger partial charge on any atom is 0.213 e. The van der Waals surface area contributed by atoms with Crippen LogP contribution in [-0.4, -0.2) is 38.9 Å². The summed E-state index contributed by atoms with van der Waals surface area (Å²) in [6.07, 6.45) is 0.904. The fraction of sp³-hybridized carbons (Fsp3) is 0.545. The fourth-order valence-electron chi connectivity index (χ4n) is 1.23. The lowest BCUT2D eigenvalue weighted by Crippen LogP contribution is -2.21. The molecule has 1 rings (SSSR count). The molecular weight excluding hydrogens is 192 g/mol. The number of aromatic nitrogens is 1. The maximum atomic E-state index is 5.05. The summed E-state index contributed by atoms with van der Waals surface area (Å²) in [5.74, 6) is 0.671. The highest BCUT2D eigenvalue weighted by molar-refractivity contribution is 5.15. The smallest absolute Gasteiger partial charge is 0.213 e. The van der Waals surface area contributed by atoms with Crippen molar-refractivity contribution in [2.75, 3.05) is 33.9 Å². The summed E-state index contributed by atoms with van der Waals surface area (Å²) >= 11 is 0.